The predicted octanol–water partition coefficient (Wildman–Crippen LogP) is 11.5. The minimum absolute atomic E-state index is 0.278. The Balaban J connectivity index is 1.97. The Morgan fingerprint density at radius 3 is 1.28 bits per heavy atom. The zero-order valence-electron chi connectivity index (χ0n) is 26.7. The van der Waals surface area contributed by atoms with Gasteiger partial charge in [0, 0.05) is 0 Å². The van der Waals surface area contributed by atoms with Crippen LogP contribution in [0.25, 0.3) is 0 Å². The van der Waals surface area contributed by atoms with Crippen molar-refractivity contribution in [2.75, 3.05) is 9.71 Å². The zero-order chi connectivity index (χ0) is 31.1. The van der Waals surface area contributed by atoms with E-state index in [0.29, 0.717) is 0 Å². The quantitative estimate of drug-likeness (QED) is 0.183. The standard InChI is InChI=1S/C37H44BCl2N3/c1-25(2)31-21-15-22-32(26(3)4)35(31)42-37(41(29-17-11-9-12-18-29)30-19-13-10-14-20-30)43(38(42,39)40)36-33(27(5)6)23-16-24-34(36)28(7)8/h9-28H,1-8H3. The van der Waals surface area contributed by atoms with Gasteiger partial charge < -0.3 is 9.30 Å². The SMILES string of the molecule is CC(C)c1cccc(C(C)C)c1N1C(N(c2ccccc2)c2ccccc2)=[N+](c2c(C(C)C)cccc2C(C)C)[B-]1(Cl)Cl. The summed E-state index contributed by atoms with van der Waals surface area (Å²) in [7, 11) is 0. The predicted molar refractivity (Wildman–Crippen MR) is 189 cm³/mol. The summed E-state index contributed by atoms with van der Waals surface area (Å²) in [6, 6.07) is 34.3. The van der Waals surface area contributed by atoms with Gasteiger partial charge in [0.05, 0.1) is 11.4 Å². The molecule has 6 heteroatoms. The second-order valence-electron chi connectivity index (χ2n) is 12.8. The molecular formula is C37H44BCl2N3. The third-order valence-corrected chi connectivity index (χ3v) is 9.23. The average molecular weight is 612 g/mol. The van der Waals surface area contributed by atoms with Crippen molar-refractivity contribution >= 4 is 56.9 Å². The molecule has 4 aromatic carbocycles. The normalized spacial score (nSPS) is 14.7. The minimum atomic E-state index is -2.28. The van der Waals surface area contributed by atoms with E-state index in [9.17, 15) is 0 Å². The highest BCUT2D eigenvalue weighted by atomic mass is 35.5. The van der Waals surface area contributed by atoms with E-state index >= 15 is 0 Å². The summed E-state index contributed by atoms with van der Waals surface area (Å²) in [6.45, 7) is 18.0. The first kappa shape index (κ1) is 31.2. The Morgan fingerprint density at radius 1 is 0.535 bits per heavy atom. The lowest BCUT2D eigenvalue weighted by atomic mass is 9.82. The van der Waals surface area contributed by atoms with Crippen LogP contribution in [0.3, 0.4) is 0 Å². The van der Waals surface area contributed by atoms with Crippen LogP contribution in [-0.2, 0) is 0 Å². The van der Waals surface area contributed by atoms with Crippen LogP contribution >= 0.6 is 22.9 Å². The van der Waals surface area contributed by atoms with E-state index in [4.69, 9.17) is 22.9 Å². The molecule has 0 fully saturated rings. The summed E-state index contributed by atoms with van der Waals surface area (Å²) in [5.74, 6) is 2.05. The molecule has 0 saturated carbocycles. The number of hydrogen-bond donors (Lipinski definition) is 0. The van der Waals surface area contributed by atoms with Gasteiger partial charge in [0.2, 0.25) is 0 Å². The summed E-state index contributed by atoms with van der Waals surface area (Å²) in [6.07, 6.45) is 0. The van der Waals surface area contributed by atoms with Gasteiger partial charge in [-0.3, -0.25) is 22.9 Å². The fourth-order valence-electron chi connectivity index (χ4n) is 6.29. The monoisotopic (exact) mass is 611 g/mol. The summed E-state index contributed by atoms with van der Waals surface area (Å²) in [5.41, 5.74) is 9.23. The highest BCUT2D eigenvalue weighted by molar-refractivity contribution is 7.45. The first-order chi connectivity index (χ1) is 20.5. The molecule has 43 heavy (non-hydrogen) atoms. The molecule has 5 rings (SSSR count). The van der Waals surface area contributed by atoms with E-state index in [-0.39, 0.29) is 23.7 Å². The van der Waals surface area contributed by atoms with Gasteiger partial charge in [-0.25, -0.2) is 4.90 Å². The summed E-state index contributed by atoms with van der Waals surface area (Å²) < 4.78 is 2.23. The highest BCUT2D eigenvalue weighted by Crippen LogP contribution is 2.50. The van der Waals surface area contributed by atoms with Crippen molar-refractivity contribution in [3.05, 3.63) is 119 Å². The number of nitrogens with zero attached hydrogens (tertiary/aromatic N) is 3. The topological polar surface area (TPSA) is 9.49 Å². The molecule has 1 aliphatic heterocycles. The minimum Gasteiger partial charge on any atom is -0.361 e. The number of para-hydroxylation sites is 4. The number of guanidine groups is 1. The molecule has 0 aromatic heterocycles. The second-order valence-corrected chi connectivity index (χ2v) is 14.3. The van der Waals surface area contributed by atoms with Crippen LogP contribution in [0.1, 0.15) is 101 Å². The Bertz CT molecular complexity index is 1520. The van der Waals surface area contributed by atoms with Crippen molar-refractivity contribution in [2.24, 2.45) is 0 Å². The van der Waals surface area contributed by atoms with Crippen molar-refractivity contribution in [1.82, 2.24) is 0 Å². The van der Waals surface area contributed by atoms with Gasteiger partial charge in [-0.05, 0) is 70.2 Å². The smallest absolute Gasteiger partial charge is 0.361 e. The average Bonchev–Trinajstić information content (AvgIpc) is 2.97. The molecule has 224 valence electrons. The fraction of sp³-hybridized carbons (Fsp3) is 0.324. The van der Waals surface area contributed by atoms with E-state index in [2.05, 4.69) is 167 Å². The van der Waals surface area contributed by atoms with Crippen molar-refractivity contribution < 1.29 is 4.49 Å². The second kappa shape index (κ2) is 12.4. The molecule has 0 bridgehead atoms. The van der Waals surface area contributed by atoms with Gasteiger partial charge in [-0.15, -0.1) is 0 Å². The van der Waals surface area contributed by atoms with Gasteiger partial charge in [-0.1, -0.05) is 128 Å². The molecule has 0 amide bonds. The number of halogens is 2. The van der Waals surface area contributed by atoms with Gasteiger partial charge in [0.1, 0.15) is 11.4 Å². The Kier molecular flexibility index (Phi) is 9.02. The lowest BCUT2D eigenvalue weighted by molar-refractivity contribution is -0.308. The van der Waals surface area contributed by atoms with Gasteiger partial charge in [0.25, 0.3) is 5.96 Å². The first-order valence-electron chi connectivity index (χ1n) is 15.6. The number of rotatable bonds is 8. The van der Waals surface area contributed by atoms with E-state index in [1.54, 1.807) is 0 Å². The molecule has 4 aromatic rings. The van der Waals surface area contributed by atoms with Crippen LogP contribution in [-0.4, -0.2) is 15.7 Å². The Hall–Kier alpha value is -3.21. The number of hydrogen-bond acceptors (Lipinski definition) is 2. The third kappa shape index (κ3) is 5.61. The Labute approximate surface area is 268 Å². The summed E-state index contributed by atoms with van der Waals surface area (Å²) in [4.78, 5) is 4.54. The van der Waals surface area contributed by atoms with Crippen LogP contribution in [0.4, 0.5) is 22.7 Å². The van der Waals surface area contributed by atoms with Crippen molar-refractivity contribution in [1.29, 1.82) is 0 Å². The third-order valence-electron chi connectivity index (χ3n) is 8.45. The lowest BCUT2D eigenvalue weighted by Crippen LogP contribution is -2.73. The first-order valence-corrected chi connectivity index (χ1v) is 16.5. The summed E-state index contributed by atoms with van der Waals surface area (Å²) >= 11 is 15.5. The molecule has 0 radical (unpaired) electrons. The van der Waals surface area contributed by atoms with E-state index < -0.39 is 5.25 Å². The largest absolute Gasteiger partial charge is 0.500 e. The highest BCUT2D eigenvalue weighted by Gasteiger charge is 2.58. The molecule has 0 unspecified atom stereocenters. The zero-order valence-corrected chi connectivity index (χ0v) is 28.2. The number of anilines is 3. The Morgan fingerprint density at radius 2 is 0.907 bits per heavy atom. The number of benzene rings is 4. The van der Waals surface area contributed by atoms with Crippen LogP contribution in [0.2, 0.25) is 0 Å². The van der Waals surface area contributed by atoms with E-state index in [1.807, 2.05) is 0 Å². The lowest BCUT2D eigenvalue weighted by Gasteiger charge is -2.54. The summed E-state index contributed by atoms with van der Waals surface area (Å²) in [5, 5.41) is -2.28. The van der Waals surface area contributed by atoms with Gasteiger partial charge in [-0.2, -0.15) is 0 Å². The fourth-order valence-corrected chi connectivity index (χ4v) is 7.03. The maximum Gasteiger partial charge on any atom is 0.500 e. The van der Waals surface area contributed by atoms with Crippen LogP contribution < -0.4 is 9.71 Å². The molecule has 0 atom stereocenters. The molecule has 0 N–H and O–H groups in total. The molecule has 0 aliphatic carbocycles. The molecule has 1 heterocycles. The van der Waals surface area contributed by atoms with Gasteiger partial charge >= 0.3 is 5.25 Å². The van der Waals surface area contributed by atoms with E-state index in [1.165, 1.54) is 22.3 Å². The van der Waals surface area contributed by atoms with Crippen molar-refractivity contribution in [3.63, 3.8) is 0 Å². The maximum absolute atomic E-state index is 7.76. The van der Waals surface area contributed by atoms with Crippen LogP contribution in [0, 0.1) is 0 Å². The maximum atomic E-state index is 7.76. The van der Waals surface area contributed by atoms with Crippen LogP contribution in [0.5, 0.6) is 0 Å². The molecule has 1 aliphatic rings. The van der Waals surface area contributed by atoms with E-state index in [0.717, 1.165) is 28.7 Å². The van der Waals surface area contributed by atoms with Gasteiger partial charge in [0.15, 0.2) is 0 Å². The van der Waals surface area contributed by atoms with Crippen molar-refractivity contribution in [2.45, 2.75) is 79.1 Å². The van der Waals surface area contributed by atoms with Crippen molar-refractivity contribution in [3.8, 4) is 0 Å². The van der Waals surface area contributed by atoms with Crippen LogP contribution in [0.15, 0.2) is 97.1 Å². The molecule has 0 saturated heterocycles. The molecular weight excluding hydrogens is 568 g/mol. The molecule has 0 spiro atoms. The molecule has 3 nitrogen and oxygen atoms in total.